The number of aromatic nitrogens is 2. The molecule has 0 unspecified atom stereocenters. The molecule has 0 atom stereocenters. The van der Waals surface area contributed by atoms with Crippen LogP contribution in [-0.4, -0.2) is 26.9 Å². The minimum atomic E-state index is -0.625. The summed E-state index contributed by atoms with van der Waals surface area (Å²) in [5.41, 5.74) is 8.47. The van der Waals surface area contributed by atoms with E-state index in [2.05, 4.69) is 119 Å². The van der Waals surface area contributed by atoms with Gasteiger partial charge in [-0.1, -0.05) is 141 Å². The van der Waals surface area contributed by atoms with Gasteiger partial charge in [-0.2, -0.15) is 0 Å². The highest BCUT2D eigenvalue weighted by molar-refractivity contribution is 6.47. The van der Waals surface area contributed by atoms with Crippen LogP contribution in [0.15, 0.2) is 158 Å². The van der Waals surface area contributed by atoms with E-state index in [4.69, 9.17) is 7.85 Å². The third-order valence-electron chi connectivity index (χ3n) is 6.82. The van der Waals surface area contributed by atoms with Crippen LogP contribution >= 0.6 is 0 Å². The second kappa shape index (κ2) is 14.7. The molecule has 2 radical (unpaired) electrons. The molecule has 4 aromatic carbocycles. The Hall–Kier alpha value is -4.15. The molecule has 0 saturated heterocycles. The molecule has 39 heavy (non-hydrogen) atoms. The zero-order valence-corrected chi connectivity index (χ0v) is 24.0. The van der Waals surface area contributed by atoms with Gasteiger partial charge in [0.2, 0.25) is 0 Å². The highest BCUT2D eigenvalue weighted by Gasteiger charge is 2.34. The normalized spacial score (nSPS) is 11.3. The molecule has 0 fully saturated rings. The van der Waals surface area contributed by atoms with Crippen molar-refractivity contribution in [2.45, 2.75) is 24.9 Å². The summed E-state index contributed by atoms with van der Waals surface area (Å²) in [6.45, 7) is 2.23. The van der Waals surface area contributed by atoms with Crippen LogP contribution in [0.5, 0.6) is 0 Å². The molecule has 0 saturated carbocycles. The Morgan fingerprint density at radius 2 is 1.26 bits per heavy atom. The number of unbranched alkanes of at least 4 members (excludes halogenated alkanes) is 1. The van der Waals surface area contributed by atoms with Gasteiger partial charge < -0.3 is 4.57 Å². The largest absolute Gasteiger partial charge is 0.326 e. The third-order valence-corrected chi connectivity index (χ3v) is 9.16. The highest BCUT2D eigenvalue weighted by Crippen LogP contribution is 2.33. The first-order chi connectivity index (χ1) is 19.3. The second-order valence-corrected chi connectivity index (χ2v) is 11.2. The van der Waals surface area contributed by atoms with Crippen molar-refractivity contribution in [1.82, 2.24) is 9.55 Å². The zero-order valence-electron chi connectivity index (χ0n) is 22.6. The third kappa shape index (κ3) is 7.04. The average molecular weight is 523 g/mol. The Kier molecular flexibility index (Phi) is 10.5. The van der Waals surface area contributed by atoms with Crippen LogP contribution in [-0.2, 0) is 5.16 Å². The van der Waals surface area contributed by atoms with E-state index in [-0.39, 0.29) is 5.16 Å². The Labute approximate surface area is 237 Å². The number of rotatable bonds is 9. The topological polar surface area (TPSA) is 17.8 Å². The fourth-order valence-corrected chi connectivity index (χ4v) is 6.94. The van der Waals surface area contributed by atoms with E-state index >= 15 is 0 Å². The lowest BCUT2D eigenvalue weighted by molar-refractivity contribution is 0.596. The van der Waals surface area contributed by atoms with Crippen molar-refractivity contribution in [1.29, 1.82) is 0 Å². The monoisotopic (exact) mass is 522 g/mol. The lowest BCUT2D eigenvalue weighted by atomic mass is 9.92. The lowest BCUT2D eigenvalue weighted by Gasteiger charge is -2.36. The first-order valence-electron chi connectivity index (χ1n) is 13.6. The van der Waals surface area contributed by atoms with Gasteiger partial charge in [0.1, 0.15) is 7.85 Å². The summed E-state index contributed by atoms with van der Waals surface area (Å²) >= 11 is 0. The molecule has 4 heteroatoms. The number of hydrogen-bond acceptors (Lipinski definition) is 1. The summed E-state index contributed by atoms with van der Waals surface area (Å²) < 4.78 is 2.29. The van der Waals surface area contributed by atoms with Gasteiger partial charge in [0.15, 0.2) is 0 Å². The van der Waals surface area contributed by atoms with Crippen molar-refractivity contribution in [2.24, 2.45) is 0 Å². The Bertz CT molecular complexity index is 1330. The van der Waals surface area contributed by atoms with E-state index in [1.165, 1.54) is 17.5 Å². The molecule has 1 aromatic heterocycles. The summed E-state index contributed by atoms with van der Waals surface area (Å²) in [6.07, 6.45) is 10.6. The molecule has 2 nitrogen and oxygen atoms in total. The van der Waals surface area contributed by atoms with Gasteiger partial charge in [-0.3, -0.25) is 0 Å². The molecule has 1 heterocycles. The summed E-state index contributed by atoms with van der Waals surface area (Å²) in [5, 5.41) is -0.136. The standard InChI is InChI=1S/C21H24N2Si.C14H11B/c1-2-3-10-17-24-21(23-16-15-22-18-23,19-11-6-4-7-12-19)20-13-8-5-9-14-20;15-11-14(12-7-3-1-4-8-12)13-9-5-2-6-10-13/h4-18H,2-3,24H2,1H3;1-11H. The lowest BCUT2D eigenvalue weighted by Crippen LogP contribution is -2.41. The number of imidazole rings is 1. The van der Waals surface area contributed by atoms with E-state index in [9.17, 15) is 0 Å². The second-order valence-electron chi connectivity index (χ2n) is 9.34. The Morgan fingerprint density at radius 3 is 1.67 bits per heavy atom. The molecular formula is C35H35BN2Si. The average Bonchev–Trinajstić information content (AvgIpc) is 3.56. The minimum absolute atomic E-state index is 0.136. The highest BCUT2D eigenvalue weighted by atomic mass is 28.2. The van der Waals surface area contributed by atoms with Gasteiger partial charge in [0.25, 0.3) is 0 Å². The maximum Gasteiger partial charge on any atom is 0.103 e. The fourth-order valence-electron chi connectivity index (χ4n) is 4.85. The minimum Gasteiger partial charge on any atom is -0.326 e. The van der Waals surface area contributed by atoms with Crippen molar-refractivity contribution >= 4 is 22.9 Å². The fraction of sp³-hybridized carbons (Fsp3) is 0.114. The van der Waals surface area contributed by atoms with Crippen LogP contribution in [0.25, 0.3) is 5.57 Å². The van der Waals surface area contributed by atoms with Crippen LogP contribution in [0.1, 0.15) is 42.0 Å². The van der Waals surface area contributed by atoms with Crippen molar-refractivity contribution in [3.05, 3.63) is 180 Å². The van der Waals surface area contributed by atoms with E-state index in [0.29, 0.717) is 0 Å². The smallest absolute Gasteiger partial charge is 0.103 e. The maximum atomic E-state index is 5.67. The first kappa shape index (κ1) is 27.9. The molecule has 5 aromatic rings. The van der Waals surface area contributed by atoms with E-state index in [1.807, 2.05) is 48.9 Å². The van der Waals surface area contributed by atoms with E-state index < -0.39 is 9.52 Å². The molecule has 0 bridgehead atoms. The van der Waals surface area contributed by atoms with Crippen molar-refractivity contribution in [3.63, 3.8) is 0 Å². The van der Waals surface area contributed by atoms with Crippen LogP contribution < -0.4 is 0 Å². The SMILES string of the molecule is CCCC=C[SiH2]C(c1ccccc1)(c1ccccc1)n1ccnc1.[B]C=C(c1ccccc1)c1ccccc1. The van der Waals surface area contributed by atoms with Gasteiger partial charge in [-0.05, 0) is 34.2 Å². The van der Waals surface area contributed by atoms with Crippen molar-refractivity contribution < 1.29 is 0 Å². The van der Waals surface area contributed by atoms with Gasteiger partial charge in [-0.15, -0.1) is 11.7 Å². The molecule has 0 N–H and O–H groups in total. The zero-order chi connectivity index (χ0) is 27.2. The van der Waals surface area contributed by atoms with Crippen LogP contribution in [0.3, 0.4) is 0 Å². The molecule has 192 valence electrons. The molecule has 0 aliphatic rings. The molecule has 5 rings (SSSR count). The van der Waals surface area contributed by atoms with Gasteiger partial charge in [0.05, 0.1) is 21.0 Å². The predicted molar refractivity (Wildman–Crippen MR) is 170 cm³/mol. The predicted octanol–water partition coefficient (Wildman–Crippen LogP) is 7.36. The number of nitrogens with zero attached hydrogens (tertiary/aromatic N) is 2. The number of hydrogen-bond donors (Lipinski definition) is 0. The van der Waals surface area contributed by atoms with Crippen molar-refractivity contribution in [3.8, 4) is 0 Å². The van der Waals surface area contributed by atoms with E-state index in [0.717, 1.165) is 23.1 Å². The molecule has 0 aliphatic carbocycles. The molecule has 0 aliphatic heterocycles. The first-order valence-corrected chi connectivity index (χ1v) is 15.1. The summed E-state index contributed by atoms with van der Waals surface area (Å²) in [7, 11) is 5.05. The Morgan fingerprint density at radius 1 is 0.769 bits per heavy atom. The van der Waals surface area contributed by atoms with Crippen LogP contribution in [0.4, 0.5) is 0 Å². The molecule has 0 amide bonds. The number of benzene rings is 4. The van der Waals surface area contributed by atoms with Crippen molar-refractivity contribution in [2.75, 3.05) is 0 Å². The summed E-state index contributed by atoms with van der Waals surface area (Å²) in [6, 6.07) is 42.0. The van der Waals surface area contributed by atoms with Gasteiger partial charge in [-0.25, -0.2) is 4.98 Å². The van der Waals surface area contributed by atoms with Crippen LogP contribution in [0.2, 0.25) is 0 Å². The number of allylic oxidation sites excluding steroid dienone is 1. The maximum absolute atomic E-state index is 5.67. The molecular weight excluding hydrogens is 487 g/mol. The van der Waals surface area contributed by atoms with E-state index in [1.54, 1.807) is 5.98 Å². The van der Waals surface area contributed by atoms with Gasteiger partial charge in [0, 0.05) is 12.4 Å². The quantitative estimate of drug-likeness (QED) is 0.185. The van der Waals surface area contributed by atoms with Crippen LogP contribution in [0, 0.1) is 0 Å². The summed E-state index contributed by atoms with van der Waals surface area (Å²) in [5.74, 6) is 1.66. The van der Waals surface area contributed by atoms with Gasteiger partial charge >= 0.3 is 0 Å². The molecule has 0 spiro atoms. The summed E-state index contributed by atoms with van der Waals surface area (Å²) in [4.78, 5) is 4.34. The Balaban J connectivity index is 0.000000202.